The van der Waals surface area contributed by atoms with Crippen LogP contribution in [-0.2, 0) is 0 Å². The molecular weight excluding hydrogens is 352 g/mol. The summed E-state index contributed by atoms with van der Waals surface area (Å²) >= 11 is 0. The van der Waals surface area contributed by atoms with Crippen LogP contribution < -0.4 is 5.32 Å². The van der Waals surface area contributed by atoms with Gasteiger partial charge in [-0.3, -0.25) is 4.57 Å². The van der Waals surface area contributed by atoms with Gasteiger partial charge in [-0.05, 0) is 32.3 Å². The largest absolute Gasteiger partial charge is 0.368 e. The van der Waals surface area contributed by atoms with Gasteiger partial charge in [0.1, 0.15) is 20.2 Å². The first kappa shape index (κ1) is 19.1. The van der Waals surface area contributed by atoms with Gasteiger partial charge in [0.2, 0.25) is 5.95 Å². The SMILES string of the molecule is CN(C)CCNc1nc(-n2ccnc2)nc2ccc(C#C[Si](C)(C)C)cc12. The number of nitrogens with zero attached hydrogens (tertiary/aromatic N) is 5. The Hall–Kier alpha value is -2.69. The molecule has 0 saturated heterocycles. The summed E-state index contributed by atoms with van der Waals surface area (Å²) in [6.45, 7) is 8.45. The van der Waals surface area contributed by atoms with Crippen molar-refractivity contribution in [1.82, 2.24) is 24.4 Å². The molecule has 3 aromatic rings. The first-order chi connectivity index (χ1) is 12.8. The van der Waals surface area contributed by atoms with Crippen LogP contribution >= 0.6 is 0 Å². The van der Waals surface area contributed by atoms with Gasteiger partial charge in [0.15, 0.2) is 0 Å². The average molecular weight is 379 g/mol. The lowest BCUT2D eigenvalue weighted by Gasteiger charge is -2.14. The Labute approximate surface area is 161 Å². The summed E-state index contributed by atoms with van der Waals surface area (Å²) in [6, 6.07) is 6.13. The first-order valence-electron chi connectivity index (χ1n) is 9.04. The van der Waals surface area contributed by atoms with Crippen molar-refractivity contribution >= 4 is 24.8 Å². The predicted octanol–water partition coefficient (Wildman–Crippen LogP) is 3.02. The Bertz CT molecular complexity index is 977. The van der Waals surface area contributed by atoms with E-state index < -0.39 is 8.07 Å². The molecule has 0 fully saturated rings. The molecule has 0 saturated carbocycles. The highest BCUT2D eigenvalue weighted by molar-refractivity contribution is 6.83. The van der Waals surface area contributed by atoms with Crippen LogP contribution in [0, 0.1) is 11.5 Å². The van der Waals surface area contributed by atoms with E-state index in [0.717, 1.165) is 35.4 Å². The number of benzene rings is 1. The van der Waals surface area contributed by atoms with E-state index in [1.807, 2.05) is 22.9 Å². The zero-order chi connectivity index (χ0) is 19.4. The molecule has 0 radical (unpaired) electrons. The van der Waals surface area contributed by atoms with Gasteiger partial charge in [0, 0.05) is 36.4 Å². The second kappa shape index (κ2) is 7.90. The maximum absolute atomic E-state index is 4.73. The molecule has 1 N–H and O–H groups in total. The van der Waals surface area contributed by atoms with Gasteiger partial charge in [-0.1, -0.05) is 25.6 Å². The maximum Gasteiger partial charge on any atom is 0.237 e. The number of aromatic nitrogens is 4. The van der Waals surface area contributed by atoms with E-state index in [1.165, 1.54) is 0 Å². The van der Waals surface area contributed by atoms with Gasteiger partial charge >= 0.3 is 0 Å². The number of likely N-dealkylation sites (N-methyl/N-ethyl adjacent to an activating group) is 1. The fraction of sp³-hybridized carbons (Fsp3) is 0.350. The van der Waals surface area contributed by atoms with Gasteiger partial charge in [0.25, 0.3) is 0 Å². The van der Waals surface area contributed by atoms with E-state index in [-0.39, 0.29) is 0 Å². The van der Waals surface area contributed by atoms with Crippen molar-refractivity contribution in [2.24, 2.45) is 0 Å². The quantitative estimate of drug-likeness (QED) is 0.546. The van der Waals surface area contributed by atoms with E-state index in [1.54, 1.807) is 12.5 Å². The highest BCUT2D eigenvalue weighted by atomic mass is 28.3. The molecule has 6 nitrogen and oxygen atoms in total. The zero-order valence-electron chi connectivity index (χ0n) is 16.6. The van der Waals surface area contributed by atoms with Crippen molar-refractivity contribution in [2.75, 3.05) is 32.5 Å². The predicted molar refractivity (Wildman–Crippen MR) is 114 cm³/mol. The molecular formula is C20H26N6Si. The third-order valence-electron chi connectivity index (χ3n) is 3.85. The lowest BCUT2D eigenvalue weighted by atomic mass is 10.1. The molecule has 0 amide bonds. The number of rotatable bonds is 5. The number of hydrogen-bond acceptors (Lipinski definition) is 5. The molecule has 1 aromatic carbocycles. The fourth-order valence-corrected chi connectivity index (χ4v) is 3.00. The van der Waals surface area contributed by atoms with Gasteiger partial charge < -0.3 is 10.2 Å². The molecule has 2 heterocycles. The van der Waals surface area contributed by atoms with E-state index in [4.69, 9.17) is 9.97 Å². The summed E-state index contributed by atoms with van der Waals surface area (Å²) in [5, 5.41) is 4.44. The normalized spacial score (nSPS) is 11.5. The van der Waals surface area contributed by atoms with Crippen LogP contribution in [0.1, 0.15) is 5.56 Å². The molecule has 140 valence electrons. The molecule has 0 bridgehead atoms. The van der Waals surface area contributed by atoms with Crippen LogP contribution in [0.4, 0.5) is 5.82 Å². The topological polar surface area (TPSA) is 58.9 Å². The van der Waals surface area contributed by atoms with Crippen molar-refractivity contribution in [3.05, 3.63) is 42.5 Å². The Morgan fingerprint density at radius 1 is 1.19 bits per heavy atom. The van der Waals surface area contributed by atoms with Crippen molar-refractivity contribution in [3.63, 3.8) is 0 Å². The minimum absolute atomic E-state index is 0.605. The third-order valence-corrected chi connectivity index (χ3v) is 4.73. The second-order valence-electron chi connectivity index (χ2n) is 7.80. The summed E-state index contributed by atoms with van der Waals surface area (Å²) in [5.41, 5.74) is 5.31. The van der Waals surface area contributed by atoms with Crippen molar-refractivity contribution < 1.29 is 0 Å². The molecule has 0 aliphatic heterocycles. The minimum Gasteiger partial charge on any atom is -0.368 e. The third kappa shape index (κ3) is 5.15. The zero-order valence-corrected chi connectivity index (χ0v) is 17.6. The fourth-order valence-electron chi connectivity index (χ4n) is 2.48. The van der Waals surface area contributed by atoms with Crippen molar-refractivity contribution in [3.8, 4) is 17.4 Å². The number of imidazole rings is 1. The molecule has 2 aromatic heterocycles. The van der Waals surface area contributed by atoms with Crippen LogP contribution in [0.15, 0.2) is 36.9 Å². The monoisotopic (exact) mass is 378 g/mol. The van der Waals surface area contributed by atoms with Crippen molar-refractivity contribution in [1.29, 1.82) is 0 Å². The lowest BCUT2D eigenvalue weighted by Crippen LogP contribution is -2.21. The van der Waals surface area contributed by atoms with Crippen LogP contribution in [0.25, 0.3) is 16.9 Å². The first-order valence-corrected chi connectivity index (χ1v) is 12.5. The van der Waals surface area contributed by atoms with E-state index in [9.17, 15) is 0 Å². The Balaban J connectivity index is 2.04. The van der Waals surface area contributed by atoms with E-state index in [0.29, 0.717) is 5.95 Å². The van der Waals surface area contributed by atoms with Crippen LogP contribution in [0.5, 0.6) is 0 Å². The Kier molecular flexibility index (Phi) is 5.58. The van der Waals surface area contributed by atoms with Crippen LogP contribution in [0.3, 0.4) is 0 Å². The standard InChI is InChI=1S/C20H26N6Si/c1-25(2)11-10-22-19-17-14-16(8-13-27(3,4)5)6-7-18(17)23-20(24-19)26-12-9-21-15-26/h6-7,9,12,14-15H,10-11H2,1-5H3,(H,22,23,24). The summed E-state index contributed by atoms with van der Waals surface area (Å²) in [5.74, 6) is 4.75. The van der Waals surface area contributed by atoms with E-state index >= 15 is 0 Å². The Morgan fingerprint density at radius 2 is 2.00 bits per heavy atom. The van der Waals surface area contributed by atoms with Gasteiger partial charge in [-0.25, -0.2) is 9.97 Å². The summed E-state index contributed by atoms with van der Waals surface area (Å²) in [4.78, 5) is 15.7. The highest BCUT2D eigenvalue weighted by Crippen LogP contribution is 2.23. The second-order valence-corrected chi connectivity index (χ2v) is 12.6. The van der Waals surface area contributed by atoms with Crippen LogP contribution in [0.2, 0.25) is 19.6 Å². The van der Waals surface area contributed by atoms with Crippen LogP contribution in [-0.4, -0.2) is 59.7 Å². The summed E-state index contributed by atoms with van der Waals surface area (Å²) < 4.78 is 1.81. The van der Waals surface area contributed by atoms with E-state index in [2.05, 4.69) is 66.5 Å². The minimum atomic E-state index is -1.42. The lowest BCUT2D eigenvalue weighted by molar-refractivity contribution is 0.425. The number of hydrogen-bond donors (Lipinski definition) is 1. The molecule has 0 unspecified atom stereocenters. The Morgan fingerprint density at radius 3 is 2.67 bits per heavy atom. The summed E-state index contributed by atoms with van der Waals surface area (Å²) in [7, 11) is 2.69. The summed E-state index contributed by atoms with van der Waals surface area (Å²) in [6.07, 6.45) is 5.28. The van der Waals surface area contributed by atoms with Gasteiger partial charge in [-0.15, -0.1) is 5.54 Å². The molecule has 3 rings (SSSR count). The molecule has 0 spiro atoms. The molecule has 7 heteroatoms. The van der Waals surface area contributed by atoms with Crippen molar-refractivity contribution in [2.45, 2.75) is 19.6 Å². The molecule has 0 atom stereocenters. The van der Waals surface area contributed by atoms with Gasteiger partial charge in [-0.2, -0.15) is 4.98 Å². The average Bonchev–Trinajstić information content (AvgIpc) is 3.13. The molecule has 27 heavy (non-hydrogen) atoms. The number of anilines is 1. The van der Waals surface area contributed by atoms with Gasteiger partial charge in [0.05, 0.1) is 5.52 Å². The maximum atomic E-state index is 4.73. The number of nitrogens with one attached hydrogen (secondary N) is 1. The smallest absolute Gasteiger partial charge is 0.237 e. The molecule has 0 aliphatic rings. The number of fused-ring (bicyclic) bond motifs is 1. The molecule has 0 aliphatic carbocycles. The highest BCUT2D eigenvalue weighted by Gasteiger charge is 2.11.